The molecule has 0 bridgehead atoms. The van der Waals surface area contributed by atoms with E-state index in [0.717, 1.165) is 12.8 Å². The van der Waals surface area contributed by atoms with E-state index >= 15 is 0 Å². The Kier molecular flexibility index (Phi) is 7.21. The first-order chi connectivity index (χ1) is 14.8. The largest absolute Gasteiger partial charge is 0.391 e. The maximum Gasteiger partial charge on any atom is 0.292 e. The summed E-state index contributed by atoms with van der Waals surface area (Å²) >= 11 is 0. The van der Waals surface area contributed by atoms with Gasteiger partial charge in [0.2, 0.25) is 23.5 Å². The van der Waals surface area contributed by atoms with Crippen LogP contribution in [0.5, 0.6) is 0 Å². The minimum atomic E-state index is -1.08. The van der Waals surface area contributed by atoms with Crippen molar-refractivity contribution in [1.29, 1.82) is 0 Å². The predicted octanol–water partition coefficient (Wildman–Crippen LogP) is -1.67. The van der Waals surface area contributed by atoms with E-state index in [1.807, 2.05) is 0 Å². The topological polar surface area (TPSA) is 141 Å². The van der Waals surface area contributed by atoms with Crippen molar-refractivity contribution in [3.05, 3.63) is 12.2 Å². The van der Waals surface area contributed by atoms with Gasteiger partial charge >= 0.3 is 0 Å². The van der Waals surface area contributed by atoms with Gasteiger partial charge in [-0.15, -0.1) is 0 Å². The molecule has 2 aliphatic rings. The Morgan fingerprint density at radius 3 is 2.45 bits per heavy atom. The zero-order valence-corrected chi connectivity index (χ0v) is 17.9. The Hall–Kier alpha value is -3.02. The van der Waals surface area contributed by atoms with Gasteiger partial charge in [-0.25, -0.2) is 9.67 Å². The van der Waals surface area contributed by atoms with Crippen molar-refractivity contribution < 1.29 is 24.3 Å². The lowest BCUT2D eigenvalue weighted by Crippen LogP contribution is -2.55. The molecule has 2 N–H and O–H groups in total. The summed E-state index contributed by atoms with van der Waals surface area (Å²) in [5.74, 6) is -1.40. The normalized spacial score (nSPS) is 19.2. The number of amides is 4. The van der Waals surface area contributed by atoms with Crippen molar-refractivity contribution >= 4 is 23.6 Å². The molecule has 2 unspecified atom stereocenters. The van der Waals surface area contributed by atoms with E-state index in [1.165, 1.54) is 27.7 Å². The van der Waals surface area contributed by atoms with Crippen LogP contribution < -0.4 is 5.32 Å². The molecule has 170 valence electrons. The maximum absolute atomic E-state index is 12.8. The van der Waals surface area contributed by atoms with Crippen molar-refractivity contribution in [2.45, 2.75) is 44.8 Å². The van der Waals surface area contributed by atoms with Crippen LogP contribution in [0.4, 0.5) is 0 Å². The molecule has 12 nitrogen and oxygen atoms in total. The number of carbonyl (C=O) groups excluding carboxylic acids is 4. The zero-order valence-electron chi connectivity index (χ0n) is 17.9. The Labute approximate surface area is 180 Å². The van der Waals surface area contributed by atoms with Gasteiger partial charge in [-0.1, -0.05) is 0 Å². The average molecular weight is 435 g/mol. The van der Waals surface area contributed by atoms with E-state index in [9.17, 15) is 24.3 Å². The third kappa shape index (κ3) is 5.37. The van der Waals surface area contributed by atoms with Crippen molar-refractivity contribution in [2.75, 3.05) is 32.8 Å². The molecule has 0 radical (unpaired) electrons. The number of nitrogens with zero attached hydrogens (tertiary/aromatic N) is 6. The number of hydrogen-bond acceptors (Lipinski definition) is 7. The molecule has 3 rings (SSSR count). The lowest BCUT2D eigenvalue weighted by molar-refractivity contribution is -0.140. The molecule has 0 aliphatic carbocycles. The fourth-order valence-corrected chi connectivity index (χ4v) is 3.79. The number of hydrogen-bond donors (Lipinski definition) is 2. The Morgan fingerprint density at radius 1 is 1.16 bits per heavy atom. The van der Waals surface area contributed by atoms with Crippen LogP contribution in [-0.2, 0) is 21.4 Å². The minimum Gasteiger partial charge on any atom is -0.391 e. The molecule has 0 aromatic carbocycles. The molecule has 1 aromatic rings. The molecule has 12 heteroatoms. The van der Waals surface area contributed by atoms with E-state index in [0.29, 0.717) is 26.1 Å². The molecule has 2 aliphatic heterocycles. The van der Waals surface area contributed by atoms with Crippen LogP contribution in [0.15, 0.2) is 6.33 Å². The number of aromatic nitrogens is 3. The van der Waals surface area contributed by atoms with Crippen molar-refractivity contribution in [2.24, 2.45) is 7.05 Å². The van der Waals surface area contributed by atoms with Crippen LogP contribution in [-0.4, -0.2) is 103 Å². The molecule has 31 heavy (non-hydrogen) atoms. The van der Waals surface area contributed by atoms with Crippen LogP contribution in [0.25, 0.3) is 0 Å². The lowest BCUT2D eigenvalue weighted by Gasteiger charge is -2.29. The highest BCUT2D eigenvalue weighted by atomic mass is 16.3. The quantitative estimate of drug-likeness (QED) is 0.544. The summed E-state index contributed by atoms with van der Waals surface area (Å²) in [5.41, 5.74) is 0. The fourth-order valence-electron chi connectivity index (χ4n) is 3.79. The minimum absolute atomic E-state index is 0.0721. The van der Waals surface area contributed by atoms with Gasteiger partial charge in [-0.2, -0.15) is 5.10 Å². The number of aliphatic hydroxyl groups excluding tert-OH is 1. The van der Waals surface area contributed by atoms with Crippen LogP contribution in [0.2, 0.25) is 0 Å². The van der Waals surface area contributed by atoms with E-state index in [-0.39, 0.29) is 43.2 Å². The summed E-state index contributed by atoms with van der Waals surface area (Å²) in [6.07, 6.45) is 2.64. The molecule has 1 aromatic heterocycles. The number of likely N-dealkylation sites (tertiary alicyclic amines) is 1. The third-order valence-electron chi connectivity index (χ3n) is 5.52. The maximum atomic E-state index is 12.8. The molecular weight excluding hydrogens is 406 g/mol. The van der Waals surface area contributed by atoms with Gasteiger partial charge in [0.15, 0.2) is 0 Å². The Bertz CT molecular complexity index is 833. The molecule has 2 fully saturated rings. The number of aryl methyl sites for hydroxylation is 1. The third-order valence-corrected chi connectivity index (χ3v) is 5.52. The SMILES string of the molecule is CC(O)C(NC(=O)CN1CN(C(=O)c2ncnn2C)CCCC1=O)C(=O)N1CCCC1. The van der Waals surface area contributed by atoms with Gasteiger partial charge < -0.3 is 25.1 Å². The van der Waals surface area contributed by atoms with Crippen molar-refractivity contribution in [3.63, 3.8) is 0 Å². The summed E-state index contributed by atoms with van der Waals surface area (Å²) in [5, 5.41) is 16.5. The first kappa shape index (κ1) is 22.7. The number of aliphatic hydroxyl groups is 1. The van der Waals surface area contributed by atoms with Gasteiger partial charge in [0.25, 0.3) is 5.91 Å². The van der Waals surface area contributed by atoms with Crippen molar-refractivity contribution in [1.82, 2.24) is 34.8 Å². The monoisotopic (exact) mass is 435 g/mol. The highest BCUT2D eigenvalue weighted by Crippen LogP contribution is 2.13. The molecule has 3 heterocycles. The number of carbonyl (C=O) groups is 4. The highest BCUT2D eigenvalue weighted by Gasteiger charge is 2.33. The smallest absolute Gasteiger partial charge is 0.292 e. The molecular formula is C19H29N7O5. The van der Waals surface area contributed by atoms with E-state index in [1.54, 1.807) is 11.9 Å². The Balaban J connectivity index is 1.65. The summed E-state index contributed by atoms with van der Waals surface area (Å²) in [6.45, 7) is 2.59. The fraction of sp³-hybridized carbons (Fsp3) is 0.684. The van der Waals surface area contributed by atoms with E-state index in [4.69, 9.17) is 0 Å². The average Bonchev–Trinajstić information content (AvgIpc) is 3.37. The summed E-state index contributed by atoms with van der Waals surface area (Å²) in [6, 6.07) is -1.08. The number of nitrogens with one attached hydrogen (secondary N) is 1. The first-order valence-corrected chi connectivity index (χ1v) is 10.4. The second kappa shape index (κ2) is 9.86. The van der Waals surface area contributed by atoms with Crippen molar-refractivity contribution in [3.8, 4) is 0 Å². The summed E-state index contributed by atoms with van der Waals surface area (Å²) < 4.78 is 1.35. The summed E-state index contributed by atoms with van der Waals surface area (Å²) in [7, 11) is 1.60. The van der Waals surface area contributed by atoms with E-state index in [2.05, 4.69) is 15.4 Å². The highest BCUT2D eigenvalue weighted by molar-refractivity contribution is 5.92. The van der Waals surface area contributed by atoms with Crippen LogP contribution in [0.1, 0.15) is 43.2 Å². The lowest BCUT2D eigenvalue weighted by atomic mass is 10.1. The summed E-state index contributed by atoms with van der Waals surface area (Å²) in [4.78, 5) is 58.8. The van der Waals surface area contributed by atoms with E-state index < -0.39 is 18.1 Å². The predicted molar refractivity (Wildman–Crippen MR) is 107 cm³/mol. The molecule has 2 saturated heterocycles. The van der Waals surface area contributed by atoms with Crippen LogP contribution in [0, 0.1) is 0 Å². The van der Waals surface area contributed by atoms with Gasteiger partial charge in [0.05, 0.1) is 12.8 Å². The van der Waals surface area contributed by atoms with Crippen LogP contribution >= 0.6 is 0 Å². The van der Waals surface area contributed by atoms with Gasteiger partial charge in [-0.05, 0) is 26.2 Å². The standard InChI is InChI=1S/C19H29N7O5/c1-13(27)16(18(30)24-7-3-4-8-24)22-14(28)10-26-12-25(9-5-6-15(26)29)19(31)17-20-11-21-23(17)2/h11,13,16,27H,3-10,12H2,1-2H3,(H,22,28). The van der Waals surface area contributed by atoms with Gasteiger partial charge in [0, 0.05) is 33.1 Å². The number of rotatable bonds is 6. The van der Waals surface area contributed by atoms with Gasteiger partial charge in [0.1, 0.15) is 18.9 Å². The van der Waals surface area contributed by atoms with Crippen LogP contribution in [0.3, 0.4) is 0 Å². The second-order valence-corrected chi connectivity index (χ2v) is 7.93. The first-order valence-electron chi connectivity index (χ1n) is 10.4. The molecule has 0 spiro atoms. The molecule has 2 atom stereocenters. The second-order valence-electron chi connectivity index (χ2n) is 7.93. The molecule has 4 amide bonds. The zero-order chi connectivity index (χ0) is 22.5. The van der Waals surface area contributed by atoms with Gasteiger partial charge in [-0.3, -0.25) is 19.2 Å². The molecule has 0 saturated carbocycles. The Morgan fingerprint density at radius 2 is 1.84 bits per heavy atom.